The van der Waals surface area contributed by atoms with Gasteiger partial charge in [-0.1, -0.05) is 11.6 Å². The van der Waals surface area contributed by atoms with Crippen LogP contribution in [0.3, 0.4) is 0 Å². The molecule has 0 bridgehead atoms. The number of benzene rings is 1. The molecule has 0 saturated carbocycles. The number of carboxylic acids is 1. The molecule has 2 rings (SSSR count). The number of furan rings is 1. The molecule has 0 amide bonds. The van der Waals surface area contributed by atoms with E-state index in [1.807, 2.05) is 26.0 Å². The highest BCUT2D eigenvalue weighted by Gasteiger charge is 2.14. The lowest BCUT2D eigenvalue weighted by Crippen LogP contribution is -2.32. The Kier molecular flexibility index (Phi) is 5.11. The van der Waals surface area contributed by atoms with Crippen molar-refractivity contribution in [2.24, 2.45) is 5.73 Å². The van der Waals surface area contributed by atoms with E-state index in [4.69, 9.17) is 31.6 Å². The van der Waals surface area contributed by atoms with Crippen LogP contribution in [0.1, 0.15) is 22.6 Å². The van der Waals surface area contributed by atoms with Gasteiger partial charge in [-0.3, -0.25) is 4.79 Å². The van der Waals surface area contributed by atoms with Crippen molar-refractivity contribution in [3.8, 4) is 5.75 Å². The zero-order valence-electron chi connectivity index (χ0n) is 12.4. The summed E-state index contributed by atoms with van der Waals surface area (Å²) in [5.41, 5.74) is 7.36. The van der Waals surface area contributed by atoms with E-state index in [0.717, 1.165) is 16.1 Å². The van der Waals surface area contributed by atoms with Crippen LogP contribution in [0.5, 0.6) is 5.75 Å². The number of hydrogen-bond acceptors (Lipinski definition) is 4. The van der Waals surface area contributed by atoms with E-state index >= 15 is 0 Å². The van der Waals surface area contributed by atoms with Crippen molar-refractivity contribution < 1.29 is 19.1 Å². The molecule has 0 aliphatic rings. The van der Waals surface area contributed by atoms with Crippen LogP contribution in [0.2, 0.25) is 5.02 Å². The number of carbonyl (C=O) groups is 1. The standard InChI is InChI=1S/C16H18ClNO4/c1-9-5-13(6-10(2)15(9)17)21-8-12-4-3-11(22-12)7-14(18)16(19)20/h3-6,14H,7-8,18H2,1-2H3,(H,19,20). The quantitative estimate of drug-likeness (QED) is 0.853. The summed E-state index contributed by atoms with van der Waals surface area (Å²) in [6.45, 7) is 4.09. The molecule has 0 spiro atoms. The highest BCUT2D eigenvalue weighted by molar-refractivity contribution is 6.32. The predicted molar refractivity (Wildman–Crippen MR) is 83.3 cm³/mol. The van der Waals surface area contributed by atoms with Gasteiger partial charge in [0.1, 0.15) is 29.9 Å². The van der Waals surface area contributed by atoms with Gasteiger partial charge in [0.05, 0.1) is 0 Å². The van der Waals surface area contributed by atoms with E-state index in [1.54, 1.807) is 12.1 Å². The Morgan fingerprint density at radius 2 is 1.91 bits per heavy atom. The van der Waals surface area contributed by atoms with Crippen LogP contribution in [0, 0.1) is 13.8 Å². The molecule has 5 nitrogen and oxygen atoms in total. The molecular weight excluding hydrogens is 306 g/mol. The van der Waals surface area contributed by atoms with E-state index in [1.165, 1.54) is 0 Å². The third-order valence-electron chi connectivity index (χ3n) is 3.25. The molecule has 1 heterocycles. The van der Waals surface area contributed by atoms with Gasteiger partial charge in [0.25, 0.3) is 0 Å². The molecule has 0 saturated heterocycles. The van der Waals surface area contributed by atoms with Crippen molar-refractivity contribution in [1.29, 1.82) is 0 Å². The Morgan fingerprint density at radius 3 is 2.50 bits per heavy atom. The summed E-state index contributed by atoms with van der Waals surface area (Å²) in [4.78, 5) is 10.7. The Balaban J connectivity index is 1.98. The first-order chi connectivity index (χ1) is 10.4. The summed E-state index contributed by atoms with van der Waals surface area (Å²) in [5, 5.41) is 9.51. The fourth-order valence-corrected chi connectivity index (χ4v) is 2.17. The number of rotatable bonds is 6. The summed E-state index contributed by atoms with van der Waals surface area (Å²) >= 11 is 6.11. The third kappa shape index (κ3) is 4.02. The van der Waals surface area contributed by atoms with Crippen LogP contribution in [0.25, 0.3) is 0 Å². The maximum Gasteiger partial charge on any atom is 0.320 e. The molecule has 1 aromatic heterocycles. The summed E-state index contributed by atoms with van der Waals surface area (Å²) < 4.78 is 11.2. The minimum atomic E-state index is -1.05. The lowest BCUT2D eigenvalue weighted by molar-refractivity contribution is -0.138. The predicted octanol–water partition coefficient (Wildman–Crippen LogP) is 3.08. The smallest absolute Gasteiger partial charge is 0.320 e. The van der Waals surface area contributed by atoms with E-state index in [-0.39, 0.29) is 13.0 Å². The van der Waals surface area contributed by atoms with E-state index in [9.17, 15) is 4.79 Å². The van der Waals surface area contributed by atoms with Crippen molar-refractivity contribution in [1.82, 2.24) is 0 Å². The minimum absolute atomic E-state index is 0.147. The maximum absolute atomic E-state index is 10.7. The molecule has 0 aliphatic heterocycles. The molecule has 1 atom stereocenters. The van der Waals surface area contributed by atoms with Crippen molar-refractivity contribution >= 4 is 17.6 Å². The van der Waals surface area contributed by atoms with E-state index in [2.05, 4.69) is 0 Å². The number of ether oxygens (including phenoxy) is 1. The number of nitrogens with two attached hydrogens (primary N) is 1. The van der Waals surface area contributed by atoms with Crippen LogP contribution in [-0.2, 0) is 17.8 Å². The van der Waals surface area contributed by atoms with Gasteiger partial charge in [0.2, 0.25) is 0 Å². The van der Waals surface area contributed by atoms with E-state index < -0.39 is 12.0 Å². The van der Waals surface area contributed by atoms with Gasteiger partial charge >= 0.3 is 5.97 Å². The highest BCUT2D eigenvalue weighted by atomic mass is 35.5. The molecule has 118 valence electrons. The number of aliphatic carboxylic acids is 1. The Labute approximate surface area is 133 Å². The lowest BCUT2D eigenvalue weighted by atomic mass is 10.1. The second kappa shape index (κ2) is 6.85. The average molecular weight is 324 g/mol. The molecule has 1 aromatic carbocycles. The molecule has 3 N–H and O–H groups in total. The van der Waals surface area contributed by atoms with Gasteiger partial charge in [-0.05, 0) is 49.2 Å². The van der Waals surface area contributed by atoms with Crippen LogP contribution < -0.4 is 10.5 Å². The second-order valence-corrected chi connectivity index (χ2v) is 5.55. The number of carboxylic acid groups (broad SMARTS) is 1. The van der Waals surface area contributed by atoms with Gasteiger partial charge < -0.3 is 20.0 Å². The molecule has 2 aromatic rings. The minimum Gasteiger partial charge on any atom is -0.486 e. The molecule has 6 heteroatoms. The second-order valence-electron chi connectivity index (χ2n) is 5.18. The molecule has 0 fully saturated rings. The maximum atomic E-state index is 10.7. The zero-order valence-corrected chi connectivity index (χ0v) is 13.2. The fraction of sp³-hybridized carbons (Fsp3) is 0.312. The Bertz CT molecular complexity index is 658. The van der Waals surface area contributed by atoms with Crippen LogP contribution in [-0.4, -0.2) is 17.1 Å². The van der Waals surface area contributed by atoms with E-state index in [0.29, 0.717) is 17.3 Å². The topological polar surface area (TPSA) is 85.7 Å². The molecule has 1 unspecified atom stereocenters. The summed E-state index contributed by atoms with van der Waals surface area (Å²) in [6, 6.07) is 6.21. The van der Waals surface area contributed by atoms with Crippen LogP contribution >= 0.6 is 11.6 Å². The highest BCUT2D eigenvalue weighted by Crippen LogP contribution is 2.26. The molecule has 22 heavy (non-hydrogen) atoms. The Morgan fingerprint density at radius 1 is 1.32 bits per heavy atom. The zero-order chi connectivity index (χ0) is 16.3. The Hall–Kier alpha value is -1.98. The van der Waals surface area contributed by atoms with Crippen LogP contribution in [0.4, 0.5) is 0 Å². The third-order valence-corrected chi connectivity index (χ3v) is 3.84. The lowest BCUT2D eigenvalue weighted by Gasteiger charge is -2.09. The van der Waals surface area contributed by atoms with Gasteiger partial charge in [-0.25, -0.2) is 0 Å². The summed E-state index contributed by atoms with van der Waals surface area (Å²) in [6.07, 6.45) is 0.147. The number of hydrogen-bond donors (Lipinski definition) is 2. The monoisotopic (exact) mass is 323 g/mol. The van der Waals surface area contributed by atoms with Gasteiger partial charge in [-0.15, -0.1) is 0 Å². The van der Waals surface area contributed by atoms with Crippen molar-refractivity contribution in [2.75, 3.05) is 0 Å². The number of halogens is 1. The van der Waals surface area contributed by atoms with Crippen molar-refractivity contribution in [2.45, 2.75) is 32.9 Å². The van der Waals surface area contributed by atoms with Gasteiger partial charge in [-0.2, -0.15) is 0 Å². The SMILES string of the molecule is Cc1cc(OCc2ccc(CC(N)C(=O)O)o2)cc(C)c1Cl. The summed E-state index contributed by atoms with van der Waals surface area (Å²) in [7, 11) is 0. The number of aryl methyl sites for hydroxylation is 2. The van der Waals surface area contributed by atoms with Gasteiger partial charge in [0.15, 0.2) is 0 Å². The van der Waals surface area contributed by atoms with Crippen LogP contribution in [0.15, 0.2) is 28.7 Å². The van der Waals surface area contributed by atoms with Gasteiger partial charge in [0, 0.05) is 11.4 Å². The first-order valence-electron chi connectivity index (χ1n) is 6.82. The van der Waals surface area contributed by atoms with Crippen molar-refractivity contribution in [3.63, 3.8) is 0 Å². The molecular formula is C16H18ClNO4. The van der Waals surface area contributed by atoms with Crippen molar-refractivity contribution in [3.05, 3.63) is 51.9 Å². The first-order valence-corrected chi connectivity index (χ1v) is 7.20. The average Bonchev–Trinajstić information content (AvgIpc) is 2.89. The first kappa shape index (κ1) is 16.4. The molecule has 0 aliphatic carbocycles. The molecule has 0 radical (unpaired) electrons. The normalized spacial score (nSPS) is 12.2. The summed E-state index contributed by atoms with van der Waals surface area (Å²) in [5.74, 6) is 0.788. The largest absolute Gasteiger partial charge is 0.486 e. The fourth-order valence-electron chi connectivity index (χ4n) is 2.06.